The van der Waals surface area contributed by atoms with Crippen molar-refractivity contribution >= 4 is 23.2 Å². The van der Waals surface area contributed by atoms with Crippen LogP contribution >= 0.6 is 11.6 Å². The van der Waals surface area contributed by atoms with E-state index in [0.717, 1.165) is 42.7 Å². The smallest absolute Gasteiger partial charge is 0.191 e. The molecule has 2 N–H and O–H groups in total. The molecule has 0 radical (unpaired) electrons. The summed E-state index contributed by atoms with van der Waals surface area (Å²) < 4.78 is 7.46. The van der Waals surface area contributed by atoms with Gasteiger partial charge in [0.2, 0.25) is 0 Å². The van der Waals surface area contributed by atoms with Gasteiger partial charge in [-0.1, -0.05) is 11.6 Å². The number of aryl methyl sites for hydroxylation is 1. The minimum absolute atomic E-state index is 0.297. The summed E-state index contributed by atoms with van der Waals surface area (Å²) in [5.41, 5.74) is 1.03. The number of aliphatic imine (C=N–C) groups is 1. The van der Waals surface area contributed by atoms with E-state index in [-0.39, 0.29) is 0 Å². The average Bonchev–Trinajstić information content (AvgIpc) is 3.27. The van der Waals surface area contributed by atoms with Crippen LogP contribution < -0.4 is 20.3 Å². The van der Waals surface area contributed by atoms with Crippen LogP contribution in [0, 0.1) is 0 Å². The van der Waals surface area contributed by atoms with Crippen molar-refractivity contribution in [2.24, 2.45) is 12.0 Å². The van der Waals surface area contributed by atoms with Crippen LogP contribution in [0.25, 0.3) is 0 Å². The Morgan fingerprint density at radius 1 is 1.46 bits per heavy atom. The van der Waals surface area contributed by atoms with Gasteiger partial charge < -0.3 is 24.8 Å². The maximum atomic E-state index is 6.16. The van der Waals surface area contributed by atoms with E-state index in [9.17, 15) is 0 Å². The van der Waals surface area contributed by atoms with Gasteiger partial charge in [0.15, 0.2) is 5.96 Å². The lowest BCUT2D eigenvalue weighted by Crippen LogP contribution is -2.44. The van der Waals surface area contributed by atoms with Crippen molar-refractivity contribution in [3.8, 4) is 5.75 Å². The lowest BCUT2D eigenvalue weighted by Gasteiger charge is -2.22. The molecule has 0 amide bonds. The second-order valence-electron chi connectivity index (χ2n) is 6.27. The van der Waals surface area contributed by atoms with Crippen molar-refractivity contribution in [3.05, 3.63) is 41.4 Å². The summed E-state index contributed by atoms with van der Waals surface area (Å²) in [6.45, 7) is 2.42. The van der Waals surface area contributed by atoms with Crippen molar-refractivity contribution in [1.82, 2.24) is 20.2 Å². The molecule has 1 aromatic carbocycles. The van der Waals surface area contributed by atoms with Gasteiger partial charge in [0.25, 0.3) is 0 Å². The third kappa shape index (κ3) is 4.22. The standard InChI is InChI=1S/C18H25ClN6O/c1-20-18(22-11-17-21-7-9-24(17)2)23-14-6-8-25(12-14)15-10-13(19)4-5-16(15)26-3/h4-5,7,9-10,14H,6,8,11-12H2,1-3H3,(H2,20,22,23). The summed E-state index contributed by atoms with van der Waals surface area (Å²) in [4.78, 5) is 10.9. The molecule has 1 atom stereocenters. The zero-order chi connectivity index (χ0) is 18.5. The molecule has 2 heterocycles. The minimum atomic E-state index is 0.297. The Morgan fingerprint density at radius 2 is 2.31 bits per heavy atom. The van der Waals surface area contributed by atoms with E-state index >= 15 is 0 Å². The number of halogens is 1. The Bertz CT molecular complexity index is 775. The molecule has 1 saturated heterocycles. The lowest BCUT2D eigenvalue weighted by atomic mass is 10.2. The van der Waals surface area contributed by atoms with Gasteiger partial charge in [-0.3, -0.25) is 4.99 Å². The Labute approximate surface area is 159 Å². The van der Waals surface area contributed by atoms with Crippen molar-refractivity contribution in [2.75, 3.05) is 32.1 Å². The van der Waals surface area contributed by atoms with Gasteiger partial charge in [-0.2, -0.15) is 0 Å². The topological polar surface area (TPSA) is 66.7 Å². The number of hydrogen-bond donors (Lipinski definition) is 2. The molecule has 1 unspecified atom stereocenters. The summed E-state index contributed by atoms with van der Waals surface area (Å²) in [6, 6.07) is 6.01. The Kier molecular flexibility index (Phi) is 5.88. The third-order valence-corrected chi connectivity index (χ3v) is 4.80. The quantitative estimate of drug-likeness (QED) is 0.617. The fourth-order valence-electron chi connectivity index (χ4n) is 3.12. The fourth-order valence-corrected chi connectivity index (χ4v) is 3.29. The molecule has 0 spiro atoms. The second kappa shape index (κ2) is 8.31. The van der Waals surface area contributed by atoms with Crippen molar-refractivity contribution in [3.63, 3.8) is 0 Å². The Hall–Kier alpha value is -2.41. The summed E-state index contributed by atoms with van der Waals surface area (Å²) in [7, 11) is 5.44. The van der Waals surface area contributed by atoms with Gasteiger partial charge in [0, 0.05) is 50.6 Å². The average molecular weight is 377 g/mol. The van der Waals surface area contributed by atoms with Crippen LogP contribution in [0.5, 0.6) is 5.75 Å². The molecule has 1 aliphatic heterocycles. The van der Waals surface area contributed by atoms with E-state index < -0.39 is 0 Å². The maximum absolute atomic E-state index is 6.16. The second-order valence-corrected chi connectivity index (χ2v) is 6.71. The predicted octanol–water partition coefficient (Wildman–Crippen LogP) is 2.03. The fraction of sp³-hybridized carbons (Fsp3) is 0.444. The Balaban J connectivity index is 1.58. The first-order valence-electron chi connectivity index (χ1n) is 8.62. The highest BCUT2D eigenvalue weighted by atomic mass is 35.5. The van der Waals surface area contributed by atoms with Crippen LogP contribution in [0.1, 0.15) is 12.2 Å². The first kappa shape index (κ1) is 18.4. The SMILES string of the molecule is CN=C(NCc1nccn1C)NC1CCN(c2cc(Cl)ccc2OC)C1. The predicted molar refractivity (Wildman–Crippen MR) is 105 cm³/mol. The highest BCUT2D eigenvalue weighted by molar-refractivity contribution is 6.30. The number of rotatable bonds is 5. The van der Waals surface area contributed by atoms with E-state index in [4.69, 9.17) is 16.3 Å². The number of nitrogens with one attached hydrogen (secondary N) is 2. The van der Waals surface area contributed by atoms with Crippen LogP contribution in [0.2, 0.25) is 5.02 Å². The molecule has 0 saturated carbocycles. The largest absolute Gasteiger partial charge is 0.495 e. The molecule has 140 valence electrons. The molecule has 2 aromatic rings. The summed E-state index contributed by atoms with van der Waals surface area (Å²) in [6.07, 6.45) is 4.74. The molecular weight excluding hydrogens is 352 g/mol. The highest BCUT2D eigenvalue weighted by Gasteiger charge is 2.25. The molecule has 26 heavy (non-hydrogen) atoms. The number of ether oxygens (including phenoxy) is 1. The normalized spacial score (nSPS) is 17.5. The van der Waals surface area contributed by atoms with Gasteiger partial charge >= 0.3 is 0 Å². The van der Waals surface area contributed by atoms with Gasteiger partial charge in [0.05, 0.1) is 19.3 Å². The number of nitrogens with zero attached hydrogens (tertiary/aromatic N) is 4. The maximum Gasteiger partial charge on any atom is 0.191 e. The van der Waals surface area contributed by atoms with Crippen LogP contribution in [0.3, 0.4) is 0 Å². The molecular formula is C18H25ClN6O. The summed E-state index contributed by atoms with van der Waals surface area (Å²) in [5.74, 6) is 2.58. The van der Waals surface area contributed by atoms with E-state index in [0.29, 0.717) is 17.6 Å². The third-order valence-electron chi connectivity index (χ3n) is 4.57. The first-order chi connectivity index (χ1) is 12.6. The summed E-state index contributed by atoms with van der Waals surface area (Å²) >= 11 is 6.16. The molecule has 1 aromatic heterocycles. The van der Waals surface area contributed by atoms with E-state index in [1.807, 2.05) is 36.0 Å². The van der Waals surface area contributed by atoms with Crippen LogP contribution in [-0.2, 0) is 13.6 Å². The molecule has 7 nitrogen and oxygen atoms in total. The van der Waals surface area contributed by atoms with E-state index in [1.165, 1.54) is 0 Å². The van der Waals surface area contributed by atoms with Crippen molar-refractivity contribution in [2.45, 2.75) is 19.0 Å². The van der Waals surface area contributed by atoms with Crippen LogP contribution in [0.15, 0.2) is 35.6 Å². The number of hydrogen-bond acceptors (Lipinski definition) is 4. The monoisotopic (exact) mass is 376 g/mol. The van der Waals surface area contributed by atoms with Gasteiger partial charge in [-0.15, -0.1) is 0 Å². The van der Waals surface area contributed by atoms with E-state index in [2.05, 4.69) is 25.5 Å². The first-order valence-corrected chi connectivity index (χ1v) is 9.00. The van der Waals surface area contributed by atoms with E-state index in [1.54, 1.807) is 20.4 Å². The zero-order valence-corrected chi connectivity index (χ0v) is 16.1. The molecule has 8 heteroatoms. The van der Waals surface area contributed by atoms with Gasteiger partial charge in [-0.25, -0.2) is 4.98 Å². The number of anilines is 1. The molecule has 1 aliphatic rings. The number of aromatic nitrogens is 2. The number of methoxy groups -OCH3 is 1. The molecule has 1 fully saturated rings. The Morgan fingerprint density at radius 3 is 3.00 bits per heavy atom. The number of benzene rings is 1. The summed E-state index contributed by atoms with van der Waals surface area (Å²) in [5, 5.41) is 7.52. The molecule has 3 rings (SSSR count). The zero-order valence-electron chi connectivity index (χ0n) is 15.4. The molecule has 0 aliphatic carbocycles. The number of imidazole rings is 1. The number of guanidine groups is 1. The lowest BCUT2D eigenvalue weighted by molar-refractivity contribution is 0.415. The van der Waals surface area contributed by atoms with Crippen LogP contribution in [-0.4, -0.2) is 48.8 Å². The van der Waals surface area contributed by atoms with Crippen molar-refractivity contribution in [1.29, 1.82) is 0 Å². The minimum Gasteiger partial charge on any atom is -0.495 e. The van der Waals surface area contributed by atoms with Gasteiger partial charge in [0.1, 0.15) is 11.6 Å². The van der Waals surface area contributed by atoms with Gasteiger partial charge in [-0.05, 0) is 24.6 Å². The molecule has 0 bridgehead atoms. The van der Waals surface area contributed by atoms with Crippen molar-refractivity contribution < 1.29 is 4.74 Å². The highest BCUT2D eigenvalue weighted by Crippen LogP contribution is 2.33. The van der Waals surface area contributed by atoms with Crippen LogP contribution in [0.4, 0.5) is 5.69 Å².